The van der Waals surface area contributed by atoms with Crippen LogP contribution in [0, 0.1) is 0 Å². The fourth-order valence-corrected chi connectivity index (χ4v) is 0.814. The number of rotatable bonds is 0. The van der Waals surface area contributed by atoms with Crippen LogP contribution in [0.4, 0.5) is 0 Å². The molecule has 0 aromatic carbocycles. The summed E-state index contributed by atoms with van der Waals surface area (Å²) in [5.41, 5.74) is 0. The second kappa shape index (κ2) is 2.82. The molecule has 52 valence electrons. The average molecular weight is 129 g/mol. The van der Waals surface area contributed by atoms with E-state index in [1.807, 2.05) is 6.92 Å². The Bertz CT molecular complexity index is 114. The average Bonchev–Trinajstić information content (AvgIpc) is 1.93. The second-order valence-corrected chi connectivity index (χ2v) is 2.29. The molecule has 1 amide bonds. The Morgan fingerprint density at radius 3 is 3.33 bits per heavy atom. The summed E-state index contributed by atoms with van der Waals surface area (Å²) >= 11 is 0. The van der Waals surface area contributed by atoms with Crippen LogP contribution in [0.25, 0.3) is 0 Å². The molecule has 1 fully saturated rings. The molecule has 0 aromatic heterocycles. The summed E-state index contributed by atoms with van der Waals surface area (Å²) in [4.78, 5) is 10.7. The zero-order chi connectivity index (χ0) is 6.69. The molecule has 1 rings (SSSR count). The van der Waals surface area contributed by atoms with E-state index >= 15 is 0 Å². The minimum atomic E-state index is 0.0972. The predicted octanol–water partition coefficient (Wildman–Crippen LogP) is -0.0886. The summed E-state index contributed by atoms with van der Waals surface area (Å²) in [7, 11) is 0. The van der Waals surface area contributed by atoms with Gasteiger partial charge in [0.25, 0.3) is 0 Å². The first-order valence-electron chi connectivity index (χ1n) is 3.16. The molecule has 1 aliphatic rings. The van der Waals surface area contributed by atoms with E-state index in [4.69, 9.17) is 4.74 Å². The molecule has 0 aromatic rings. The van der Waals surface area contributed by atoms with Crippen LogP contribution in [0.1, 0.15) is 13.3 Å². The largest absolute Gasteiger partial charge is 0.379 e. The number of hydrogen-bond donors (Lipinski definition) is 1. The molecule has 0 aliphatic carbocycles. The number of nitrogens with one attached hydrogen (secondary N) is 1. The molecular weight excluding hydrogens is 118 g/mol. The first kappa shape index (κ1) is 6.55. The summed E-state index contributed by atoms with van der Waals surface area (Å²) < 4.78 is 5.09. The maximum atomic E-state index is 10.7. The van der Waals surface area contributed by atoms with Crippen molar-refractivity contribution in [2.45, 2.75) is 19.4 Å². The molecular formula is C6H11NO2. The standard InChI is InChI=1S/C6H11NO2/c1-5-4-9-3-2-6(8)7-5/h5H,2-4H2,1H3,(H,7,8). The Balaban J connectivity index is 2.37. The summed E-state index contributed by atoms with van der Waals surface area (Å²) in [5, 5.41) is 2.78. The van der Waals surface area contributed by atoms with Crippen molar-refractivity contribution in [2.75, 3.05) is 13.2 Å². The van der Waals surface area contributed by atoms with E-state index < -0.39 is 0 Å². The SMILES string of the molecule is CC1COCCC(=O)N1. The highest BCUT2D eigenvalue weighted by atomic mass is 16.5. The summed E-state index contributed by atoms with van der Waals surface area (Å²) in [5.74, 6) is 0.0972. The van der Waals surface area contributed by atoms with Gasteiger partial charge in [-0.25, -0.2) is 0 Å². The van der Waals surface area contributed by atoms with Crippen LogP contribution in [-0.4, -0.2) is 25.2 Å². The minimum absolute atomic E-state index is 0.0972. The molecule has 1 N–H and O–H groups in total. The maximum Gasteiger partial charge on any atom is 0.222 e. The smallest absolute Gasteiger partial charge is 0.222 e. The first-order valence-corrected chi connectivity index (χ1v) is 3.16. The fraction of sp³-hybridized carbons (Fsp3) is 0.833. The number of hydrogen-bond acceptors (Lipinski definition) is 2. The Labute approximate surface area is 54.4 Å². The molecule has 0 saturated carbocycles. The third-order valence-electron chi connectivity index (χ3n) is 1.25. The van der Waals surface area contributed by atoms with Crippen LogP contribution in [-0.2, 0) is 9.53 Å². The van der Waals surface area contributed by atoms with E-state index in [1.54, 1.807) is 0 Å². The zero-order valence-electron chi connectivity index (χ0n) is 5.52. The van der Waals surface area contributed by atoms with Crippen molar-refractivity contribution < 1.29 is 9.53 Å². The van der Waals surface area contributed by atoms with Crippen molar-refractivity contribution in [3.63, 3.8) is 0 Å². The first-order chi connectivity index (χ1) is 4.29. The quantitative estimate of drug-likeness (QED) is 0.496. The van der Waals surface area contributed by atoms with E-state index in [1.165, 1.54) is 0 Å². The molecule has 0 bridgehead atoms. The molecule has 0 radical (unpaired) electrons. The van der Waals surface area contributed by atoms with Crippen LogP contribution in [0.2, 0.25) is 0 Å². The van der Waals surface area contributed by atoms with Gasteiger partial charge in [-0.3, -0.25) is 4.79 Å². The molecule has 9 heavy (non-hydrogen) atoms. The fourth-order valence-electron chi connectivity index (χ4n) is 0.814. The van der Waals surface area contributed by atoms with Crippen LogP contribution >= 0.6 is 0 Å². The van der Waals surface area contributed by atoms with Gasteiger partial charge >= 0.3 is 0 Å². The Morgan fingerprint density at radius 1 is 1.78 bits per heavy atom. The van der Waals surface area contributed by atoms with Gasteiger partial charge < -0.3 is 10.1 Å². The van der Waals surface area contributed by atoms with Gasteiger partial charge in [0.2, 0.25) is 5.91 Å². The Hall–Kier alpha value is -0.570. The van der Waals surface area contributed by atoms with E-state index in [2.05, 4.69) is 5.32 Å². The second-order valence-electron chi connectivity index (χ2n) is 2.29. The molecule has 3 heteroatoms. The normalized spacial score (nSPS) is 29.0. The van der Waals surface area contributed by atoms with Crippen molar-refractivity contribution in [2.24, 2.45) is 0 Å². The topological polar surface area (TPSA) is 38.3 Å². The van der Waals surface area contributed by atoms with E-state index in [9.17, 15) is 4.79 Å². The molecule has 3 nitrogen and oxygen atoms in total. The van der Waals surface area contributed by atoms with Crippen molar-refractivity contribution in [1.29, 1.82) is 0 Å². The highest BCUT2D eigenvalue weighted by molar-refractivity contribution is 5.76. The number of carbonyl (C=O) groups is 1. The van der Waals surface area contributed by atoms with Gasteiger partial charge in [-0.2, -0.15) is 0 Å². The van der Waals surface area contributed by atoms with Crippen LogP contribution in [0.3, 0.4) is 0 Å². The lowest BCUT2D eigenvalue weighted by Gasteiger charge is -2.06. The van der Waals surface area contributed by atoms with Gasteiger partial charge in [0, 0.05) is 12.5 Å². The Morgan fingerprint density at radius 2 is 2.56 bits per heavy atom. The van der Waals surface area contributed by atoms with Crippen LogP contribution in [0.15, 0.2) is 0 Å². The van der Waals surface area contributed by atoms with Crippen molar-refractivity contribution >= 4 is 5.91 Å². The Kier molecular flexibility index (Phi) is 2.05. The highest BCUT2D eigenvalue weighted by Crippen LogP contribution is 1.93. The lowest BCUT2D eigenvalue weighted by Crippen LogP contribution is -2.32. The molecule has 1 unspecified atom stereocenters. The highest BCUT2D eigenvalue weighted by Gasteiger charge is 2.10. The lowest BCUT2D eigenvalue weighted by molar-refractivity contribution is -0.121. The third kappa shape index (κ3) is 2.01. The van der Waals surface area contributed by atoms with Gasteiger partial charge in [-0.05, 0) is 6.92 Å². The summed E-state index contributed by atoms with van der Waals surface area (Å²) in [6.07, 6.45) is 0.504. The van der Waals surface area contributed by atoms with Crippen molar-refractivity contribution in [1.82, 2.24) is 5.32 Å². The minimum Gasteiger partial charge on any atom is -0.379 e. The maximum absolute atomic E-state index is 10.7. The van der Waals surface area contributed by atoms with E-state index in [-0.39, 0.29) is 11.9 Å². The molecule has 1 heterocycles. The third-order valence-corrected chi connectivity index (χ3v) is 1.25. The van der Waals surface area contributed by atoms with Crippen molar-refractivity contribution in [3.05, 3.63) is 0 Å². The zero-order valence-corrected chi connectivity index (χ0v) is 5.52. The van der Waals surface area contributed by atoms with Crippen LogP contribution in [0.5, 0.6) is 0 Å². The van der Waals surface area contributed by atoms with Gasteiger partial charge in [0.1, 0.15) is 0 Å². The lowest BCUT2D eigenvalue weighted by atomic mass is 10.3. The van der Waals surface area contributed by atoms with E-state index in [0.717, 1.165) is 0 Å². The van der Waals surface area contributed by atoms with Gasteiger partial charge in [-0.1, -0.05) is 0 Å². The van der Waals surface area contributed by atoms with Gasteiger partial charge in [0.05, 0.1) is 13.2 Å². The predicted molar refractivity (Wildman–Crippen MR) is 33.0 cm³/mol. The molecule has 0 spiro atoms. The molecule has 1 atom stereocenters. The van der Waals surface area contributed by atoms with Crippen molar-refractivity contribution in [3.8, 4) is 0 Å². The molecule has 1 saturated heterocycles. The number of carbonyl (C=O) groups excluding carboxylic acids is 1. The number of amides is 1. The number of ether oxygens (including phenoxy) is 1. The van der Waals surface area contributed by atoms with E-state index in [0.29, 0.717) is 19.6 Å². The van der Waals surface area contributed by atoms with Gasteiger partial charge in [-0.15, -0.1) is 0 Å². The monoisotopic (exact) mass is 129 g/mol. The molecule has 1 aliphatic heterocycles. The van der Waals surface area contributed by atoms with Gasteiger partial charge in [0.15, 0.2) is 0 Å². The summed E-state index contributed by atoms with van der Waals surface area (Å²) in [6.45, 7) is 3.14. The summed E-state index contributed by atoms with van der Waals surface area (Å²) in [6, 6.07) is 0.181. The van der Waals surface area contributed by atoms with Crippen LogP contribution < -0.4 is 5.32 Å².